The number of benzene rings is 1. The molecule has 114 valence electrons. The molecule has 1 aromatic rings. The monoisotopic (exact) mass is 308 g/mol. The van der Waals surface area contributed by atoms with Gasteiger partial charge in [-0.1, -0.05) is 30.3 Å². The van der Waals surface area contributed by atoms with Crippen LogP contribution < -0.4 is 5.32 Å². The van der Waals surface area contributed by atoms with E-state index in [1.165, 1.54) is 0 Å². The summed E-state index contributed by atoms with van der Waals surface area (Å²) in [5.74, 6) is 0.276. The third-order valence-electron chi connectivity index (χ3n) is 3.52. The lowest BCUT2D eigenvalue weighted by Crippen LogP contribution is -2.58. The van der Waals surface area contributed by atoms with Gasteiger partial charge < -0.3 is 10.2 Å². The summed E-state index contributed by atoms with van der Waals surface area (Å²) in [7, 11) is -0.893. The highest BCUT2D eigenvalue weighted by molar-refractivity contribution is 7.84. The summed E-state index contributed by atoms with van der Waals surface area (Å²) in [6, 6.07) is 8.16. The smallest absolute Gasteiger partial charge is 0.248 e. The number of carbonyl (C=O) groups excluding carboxylic acids is 2. The van der Waals surface area contributed by atoms with Gasteiger partial charge in [-0.15, -0.1) is 0 Å². The van der Waals surface area contributed by atoms with Crippen molar-refractivity contribution in [3.8, 4) is 0 Å². The van der Waals surface area contributed by atoms with Crippen molar-refractivity contribution in [1.29, 1.82) is 0 Å². The van der Waals surface area contributed by atoms with Gasteiger partial charge in [-0.25, -0.2) is 0 Å². The molecular formula is C15H20N2O3S. The van der Waals surface area contributed by atoms with Crippen LogP contribution in [0.15, 0.2) is 30.3 Å². The standard InChI is InChI=1S/C15H20N2O3S/c1-11-15(19)17(9-6-10-21(2)20)13(14(18)16-11)12-7-4-3-5-8-12/h3-5,7-8,11,13H,6,9-10H2,1-2H3,(H,16,18). The molecule has 1 fully saturated rings. The molecule has 3 atom stereocenters. The molecule has 0 bridgehead atoms. The van der Waals surface area contributed by atoms with Crippen LogP contribution in [-0.2, 0) is 20.4 Å². The third-order valence-corrected chi connectivity index (χ3v) is 4.38. The Morgan fingerprint density at radius 1 is 1.24 bits per heavy atom. The van der Waals surface area contributed by atoms with E-state index in [1.807, 2.05) is 30.3 Å². The van der Waals surface area contributed by atoms with Crippen molar-refractivity contribution in [2.75, 3.05) is 18.6 Å². The van der Waals surface area contributed by atoms with E-state index in [4.69, 9.17) is 0 Å². The average Bonchev–Trinajstić information content (AvgIpc) is 2.44. The second-order valence-corrected chi connectivity index (χ2v) is 6.76. The number of piperazine rings is 1. The minimum atomic E-state index is -0.893. The van der Waals surface area contributed by atoms with E-state index in [9.17, 15) is 13.8 Å². The summed E-state index contributed by atoms with van der Waals surface area (Å²) in [5, 5.41) is 2.72. The van der Waals surface area contributed by atoms with Gasteiger partial charge >= 0.3 is 0 Å². The maximum absolute atomic E-state index is 12.4. The first-order valence-corrected chi connectivity index (χ1v) is 8.69. The molecule has 2 rings (SSSR count). The normalized spacial score (nSPS) is 23.8. The van der Waals surface area contributed by atoms with Crippen LogP contribution in [0.1, 0.15) is 24.9 Å². The largest absolute Gasteiger partial charge is 0.342 e. The summed E-state index contributed by atoms with van der Waals surface area (Å²) < 4.78 is 11.2. The first-order chi connectivity index (χ1) is 10.0. The summed E-state index contributed by atoms with van der Waals surface area (Å²) in [5.41, 5.74) is 0.799. The Balaban J connectivity index is 2.22. The Morgan fingerprint density at radius 2 is 1.90 bits per heavy atom. The lowest BCUT2D eigenvalue weighted by atomic mass is 10.00. The van der Waals surface area contributed by atoms with Crippen LogP contribution in [0.2, 0.25) is 0 Å². The first-order valence-electron chi connectivity index (χ1n) is 6.96. The second-order valence-electron chi connectivity index (χ2n) is 5.21. The van der Waals surface area contributed by atoms with Gasteiger partial charge in [-0.2, -0.15) is 0 Å². The summed E-state index contributed by atoms with van der Waals surface area (Å²) >= 11 is 0. The van der Waals surface area contributed by atoms with Crippen LogP contribution in [0.5, 0.6) is 0 Å². The zero-order valence-electron chi connectivity index (χ0n) is 12.2. The zero-order chi connectivity index (χ0) is 15.4. The van der Waals surface area contributed by atoms with Gasteiger partial charge in [0.15, 0.2) is 0 Å². The number of amides is 2. The van der Waals surface area contributed by atoms with Gasteiger partial charge in [0.05, 0.1) is 0 Å². The molecule has 5 nitrogen and oxygen atoms in total. The molecule has 0 spiro atoms. The van der Waals surface area contributed by atoms with Crippen molar-refractivity contribution in [2.45, 2.75) is 25.4 Å². The average molecular weight is 308 g/mol. The van der Waals surface area contributed by atoms with Gasteiger partial charge in [0, 0.05) is 29.4 Å². The lowest BCUT2D eigenvalue weighted by Gasteiger charge is -2.38. The van der Waals surface area contributed by atoms with E-state index in [0.717, 1.165) is 5.56 Å². The van der Waals surface area contributed by atoms with Crippen molar-refractivity contribution < 1.29 is 13.8 Å². The van der Waals surface area contributed by atoms with Crippen LogP contribution in [-0.4, -0.2) is 45.5 Å². The molecule has 1 N–H and O–H groups in total. The fourth-order valence-electron chi connectivity index (χ4n) is 2.52. The quantitative estimate of drug-likeness (QED) is 0.877. The minimum Gasteiger partial charge on any atom is -0.342 e. The van der Waals surface area contributed by atoms with Gasteiger partial charge in [-0.05, 0) is 18.9 Å². The van der Waals surface area contributed by atoms with Crippen LogP contribution in [0.25, 0.3) is 0 Å². The molecule has 1 aromatic carbocycles. The van der Waals surface area contributed by atoms with Gasteiger partial charge in [0.25, 0.3) is 0 Å². The second kappa shape index (κ2) is 6.85. The van der Waals surface area contributed by atoms with E-state index in [0.29, 0.717) is 18.7 Å². The Morgan fingerprint density at radius 3 is 2.52 bits per heavy atom. The molecule has 2 amide bonds. The van der Waals surface area contributed by atoms with Crippen molar-refractivity contribution in [3.05, 3.63) is 35.9 Å². The minimum absolute atomic E-state index is 0.0923. The number of nitrogens with one attached hydrogen (secondary N) is 1. The Hall–Kier alpha value is -1.69. The summed E-state index contributed by atoms with van der Waals surface area (Å²) in [6.07, 6.45) is 2.26. The number of hydrogen-bond donors (Lipinski definition) is 1. The van der Waals surface area contributed by atoms with E-state index >= 15 is 0 Å². The molecule has 0 aromatic heterocycles. The summed E-state index contributed by atoms with van der Waals surface area (Å²) in [6.45, 7) is 2.13. The number of carbonyl (C=O) groups is 2. The van der Waals surface area contributed by atoms with Crippen LogP contribution in [0, 0.1) is 0 Å². The maximum atomic E-state index is 12.4. The molecule has 21 heavy (non-hydrogen) atoms. The topological polar surface area (TPSA) is 66.5 Å². The van der Waals surface area contributed by atoms with Crippen molar-refractivity contribution in [3.63, 3.8) is 0 Å². The Labute approximate surface area is 127 Å². The predicted octanol–water partition coefficient (Wildman–Crippen LogP) is 0.843. The van der Waals surface area contributed by atoms with E-state index in [-0.39, 0.29) is 11.8 Å². The van der Waals surface area contributed by atoms with Crippen molar-refractivity contribution >= 4 is 22.6 Å². The van der Waals surface area contributed by atoms with E-state index < -0.39 is 22.9 Å². The number of nitrogens with zero attached hydrogens (tertiary/aromatic N) is 1. The lowest BCUT2D eigenvalue weighted by molar-refractivity contribution is -0.149. The molecule has 6 heteroatoms. The fraction of sp³-hybridized carbons (Fsp3) is 0.467. The van der Waals surface area contributed by atoms with E-state index in [2.05, 4.69) is 5.32 Å². The molecule has 1 saturated heterocycles. The summed E-state index contributed by atoms with van der Waals surface area (Å²) in [4.78, 5) is 26.3. The van der Waals surface area contributed by atoms with Crippen molar-refractivity contribution in [2.24, 2.45) is 0 Å². The molecular weight excluding hydrogens is 288 g/mol. The maximum Gasteiger partial charge on any atom is 0.248 e. The molecule has 1 heterocycles. The molecule has 1 aliphatic rings. The van der Waals surface area contributed by atoms with Crippen molar-refractivity contribution in [1.82, 2.24) is 10.2 Å². The highest BCUT2D eigenvalue weighted by Gasteiger charge is 2.38. The zero-order valence-corrected chi connectivity index (χ0v) is 13.1. The number of rotatable bonds is 5. The Bertz CT molecular complexity index is 547. The molecule has 3 unspecified atom stereocenters. The van der Waals surface area contributed by atoms with Gasteiger partial charge in [-0.3, -0.25) is 13.8 Å². The van der Waals surface area contributed by atoms with Gasteiger partial charge in [0.1, 0.15) is 12.1 Å². The fourth-order valence-corrected chi connectivity index (χ4v) is 3.05. The highest BCUT2D eigenvalue weighted by atomic mass is 32.2. The highest BCUT2D eigenvalue weighted by Crippen LogP contribution is 2.25. The van der Waals surface area contributed by atoms with E-state index in [1.54, 1.807) is 18.1 Å². The SMILES string of the molecule is CC1NC(=O)C(c2ccccc2)N(CCCS(C)=O)C1=O. The molecule has 0 saturated carbocycles. The molecule has 0 aliphatic carbocycles. The van der Waals surface area contributed by atoms with Gasteiger partial charge in [0.2, 0.25) is 11.8 Å². The molecule has 0 radical (unpaired) electrons. The van der Waals surface area contributed by atoms with Crippen LogP contribution in [0.4, 0.5) is 0 Å². The third kappa shape index (κ3) is 3.69. The predicted molar refractivity (Wildman–Crippen MR) is 82.1 cm³/mol. The Kier molecular flexibility index (Phi) is 5.12. The first kappa shape index (κ1) is 15.7. The molecule has 1 aliphatic heterocycles. The van der Waals surface area contributed by atoms with Crippen LogP contribution >= 0.6 is 0 Å². The number of hydrogen-bond acceptors (Lipinski definition) is 3. The van der Waals surface area contributed by atoms with Crippen LogP contribution in [0.3, 0.4) is 0 Å².